The number of hydrogen-bond donors (Lipinski definition) is 1. The van der Waals surface area contributed by atoms with Crippen LogP contribution in [0, 0.1) is 0 Å². The van der Waals surface area contributed by atoms with E-state index in [4.69, 9.17) is 35.4 Å². The summed E-state index contributed by atoms with van der Waals surface area (Å²) in [6.07, 6.45) is 9.98. The molecule has 2 aliphatic rings. The molecule has 37 heavy (non-hydrogen) atoms. The summed E-state index contributed by atoms with van der Waals surface area (Å²) in [6.45, 7) is 8.29. The van der Waals surface area contributed by atoms with E-state index in [1.54, 1.807) is 31.2 Å². The molecule has 2 aliphatic heterocycles. The second-order valence-corrected chi connectivity index (χ2v) is 10.7. The fourth-order valence-electron chi connectivity index (χ4n) is 4.68. The predicted octanol–water partition coefficient (Wildman–Crippen LogP) is 7.45. The Morgan fingerprint density at radius 3 is 2.30 bits per heavy atom. The number of carbonyl (C=O) groups is 1. The zero-order chi connectivity index (χ0) is 26.7. The lowest BCUT2D eigenvalue weighted by molar-refractivity contribution is -0.226. The van der Waals surface area contributed by atoms with Crippen LogP contribution in [0.1, 0.15) is 91.9 Å². The highest BCUT2D eigenvalue weighted by Crippen LogP contribution is 2.39. The highest BCUT2D eigenvalue weighted by atomic mass is 35.5. The fourth-order valence-corrected chi connectivity index (χ4v) is 4.86. The van der Waals surface area contributed by atoms with Crippen LogP contribution in [0.2, 0.25) is 5.02 Å². The number of para-hydroxylation sites is 1. The molecule has 1 amide bonds. The van der Waals surface area contributed by atoms with Gasteiger partial charge in [-0.2, -0.15) is 0 Å². The van der Waals surface area contributed by atoms with Gasteiger partial charge in [-0.15, -0.1) is 0 Å². The molecule has 9 heteroatoms. The lowest BCUT2D eigenvalue weighted by atomic mass is 10.1. The van der Waals surface area contributed by atoms with Crippen LogP contribution in [-0.4, -0.2) is 48.8 Å². The molecule has 0 spiro atoms. The van der Waals surface area contributed by atoms with Crippen LogP contribution in [-0.2, 0) is 23.8 Å². The summed E-state index contributed by atoms with van der Waals surface area (Å²) in [7, 11) is 0. The molecular formula is C28H43ClN2O6. The van der Waals surface area contributed by atoms with Gasteiger partial charge in [0.05, 0.1) is 16.4 Å². The van der Waals surface area contributed by atoms with Crippen LogP contribution < -0.4 is 5.32 Å². The zero-order valence-corrected chi connectivity index (χ0v) is 23.4. The van der Waals surface area contributed by atoms with E-state index in [0.717, 1.165) is 12.8 Å². The van der Waals surface area contributed by atoms with E-state index in [9.17, 15) is 4.79 Å². The number of fused-ring (bicyclic) bond motifs is 1. The van der Waals surface area contributed by atoms with Crippen molar-refractivity contribution in [1.29, 1.82) is 0 Å². The number of anilines is 1. The Labute approximate surface area is 226 Å². The third kappa shape index (κ3) is 9.52. The molecule has 8 nitrogen and oxygen atoms in total. The first-order chi connectivity index (χ1) is 17.8. The van der Waals surface area contributed by atoms with Crippen molar-refractivity contribution >= 4 is 29.1 Å². The van der Waals surface area contributed by atoms with Gasteiger partial charge < -0.3 is 18.9 Å². The molecule has 2 fully saturated rings. The third-order valence-electron chi connectivity index (χ3n) is 6.59. The summed E-state index contributed by atoms with van der Waals surface area (Å²) in [6, 6.07) is 6.88. The average Bonchev–Trinajstić information content (AvgIpc) is 3.35. The first kappa shape index (κ1) is 29.8. The van der Waals surface area contributed by atoms with Gasteiger partial charge in [0.25, 0.3) is 0 Å². The number of rotatable bonds is 15. The summed E-state index contributed by atoms with van der Waals surface area (Å²) in [4.78, 5) is 17.2. The number of amides is 1. The smallest absolute Gasteiger partial charge is 0.350 e. The first-order valence-electron chi connectivity index (χ1n) is 13.7. The molecule has 0 bridgehead atoms. The van der Waals surface area contributed by atoms with Crippen LogP contribution in [0.5, 0.6) is 0 Å². The van der Waals surface area contributed by atoms with Crippen molar-refractivity contribution in [2.45, 2.75) is 122 Å². The SMILES string of the molecule is CCCCCCCCCCCCO[C@H]1O[C@H](/C(C)=N/OC(=O)Nc2ccccc2Cl)[C@@H]2OC(C)(C)O[C@H]12. The Hall–Kier alpha value is -1.71. The molecule has 0 aliphatic carbocycles. The van der Waals surface area contributed by atoms with Gasteiger partial charge in [-0.25, -0.2) is 4.79 Å². The van der Waals surface area contributed by atoms with Crippen LogP contribution in [0.3, 0.4) is 0 Å². The molecule has 0 radical (unpaired) electrons. The molecule has 3 rings (SSSR count). The Kier molecular flexibility index (Phi) is 12.1. The Bertz CT molecular complexity index is 880. The summed E-state index contributed by atoms with van der Waals surface area (Å²) in [5.41, 5.74) is 0.893. The molecule has 0 saturated carbocycles. The number of hydrogen-bond acceptors (Lipinski definition) is 7. The van der Waals surface area contributed by atoms with Crippen molar-refractivity contribution in [2.75, 3.05) is 11.9 Å². The summed E-state index contributed by atoms with van der Waals surface area (Å²) in [5.74, 6) is -0.765. The number of nitrogens with zero attached hydrogens (tertiary/aromatic N) is 1. The predicted molar refractivity (Wildman–Crippen MR) is 145 cm³/mol. The van der Waals surface area contributed by atoms with Gasteiger partial charge in [-0.05, 0) is 39.3 Å². The average molecular weight is 539 g/mol. The van der Waals surface area contributed by atoms with Gasteiger partial charge in [-0.3, -0.25) is 10.2 Å². The van der Waals surface area contributed by atoms with Crippen molar-refractivity contribution in [3.8, 4) is 0 Å². The molecule has 1 aromatic carbocycles. The summed E-state index contributed by atoms with van der Waals surface area (Å²) >= 11 is 6.07. The minimum Gasteiger partial charge on any atom is -0.350 e. The molecular weight excluding hydrogens is 496 g/mol. The Morgan fingerprint density at radius 1 is 1.00 bits per heavy atom. The van der Waals surface area contributed by atoms with E-state index >= 15 is 0 Å². The highest BCUT2D eigenvalue weighted by Gasteiger charge is 2.56. The highest BCUT2D eigenvalue weighted by molar-refractivity contribution is 6.33. The van der Waals surface area contributed by atoms with Gasteiger partial charge in [0.15, 0.2) is 12.1 Å². The van der Waals surface area contributed by atoms with Gasteiger partial charge in [0.2, 0.25) is 0 Å². The maximum Gasteiger partial charge on any atom is 0.437 e. The van der Waals surface area contributed by atoms with Gasteiger partial charge in [0.1, 0.15) is 18.3 Å². The minimum absolute atomic E-state index is 0.384. The molecule has 2 heterocycles. The number of nitrogens with one attached hydrogen (secondary N) is 1. The van der Waals surface area contributed by atoms with E-state index in [2.05, 4.69) is 17.4 Å². The van der Waals surface area contributed by atoms with Crippen molar-refractivity contribution < 1.29 is 28.6 Å². The second-order valence-electron chi connectivity index (χ2n) is 10.3. The molecule has 208 valence electrons. The summed E-state index contributed by atoms with van der Waals surface area (Å²) < 4.78 is 24.3. The van der Waals surface area contributed by atoms with Crippen LogP contribution in [0.15, 0.2) is 29.4 Å². The summed E-state index contributed by atoms with van der Waals surface area (Å²) in [5, 5.41) is 6.95. The minimum atomic E-state index is -0.765. The zero-order valence-electron chi connectivity index (χ0n) is 22.7. The van der Waals surface area contributed by atoms with E-state index in [1.807, 2.05) is 13.8 Å². The van der Waals surface area contributed by atoms with E-state index < -0.39 is 30.4 Å². The molecule has 0 aromatic heterocycles. The van der Waals surface area contributed by atoms with Crippen molar-refractivity contribution in [2.24, 2.45) is 5.16 Å². The Morgan fingerprint density at radius 2 is 1.62 bits per heavy atom. The monoisotopic (exact) mass is 538 g/mol. The number of oxime groups is 1. The van der Waals surface area contributed by atoms with Gasteiger partial charge >= 0.3 is 6.09 Å². The first-order valence-corrected chi connectivity index (χ1v) is 14.1. The quantitative estimate of drug-likeness (QED) is 0.108. The van der Waals surface area contributed by atoms with Gasteiger partial charge in [0, 0.05) is 6.61 Å². The van der Waals surface area contributed by atoms with Crippen LogP contribution >= 0.6 is 11.6 Å². The van der Waals surface area contributed by atoms with Crippen LogP contribution in [0.25, 0.3) is 0 Å². The third-order valence-corrected chi connectivity index (χ3v) is 6.92. The molecule has 4 atom stereocenters. The van der Waals surface area contributed by atoms with E-state index in [0.29, 0.717) is 23.0 Å². The van der Waals surface area contributed by atoms with Crippen LogP contribution in [0.4, 0.5) is 10.5 Å². The fraction of sp³-hybridized carbons (Fsp3) is 0.714. The maximum atomic E-state index is 12.2. The number of benzene rings is 1. The largest absolute Gasteiger partial charge is 0.437 e. The molecule has 1 N–H and O–H groups in total. The number of halogens is 1. The number of ether oxygens (including phenoxy) is 4. The topological polar surface area (TPSA) is 87.6 Å². The lowest BCUT2D eigenvalue weighted by Crippen LogP contribution is -2.34. The van der Waals surface area contributed by atoms with E-state index in [1.165, 1.54) is 51.4 Å². The lowest BCUT2D eigenvalue weighted by Gasteiger charge is -2.24. The van der Waals surface area contributed by atoms with Gasteiger partial charge in [-0.1, -0.05) is 93.6 Å². The maximum absolute atomic E-state index is 12.2. The molecule has 2 saturated heterocycles. The second kappa shape index (κ2) is 15.0. The standard InChI is InChI=1S/C28H43ClN2O6/c1-5-6-7-8-9-10-11-12-13-16-19-33-26-25-24(35-28(3,4)36-25)23(34-26)20(2)31-37-27(32)30-22-18-15-14-17-21(22)29/h14-15,17-18,23-26H,5-13,16,19H2,1-4H3,(H,30,32)/b31-20+/t23-,24+,25+,26+/m1/s1. The normalized spacial score (nSPS) is 24.7. The molecule has 0 unspecified atom stereocenters. The van der Waals surface area contributed by atoms with Crippen molar-refractivity contribution in [3.63, 3.8) is 0 Å². The number of unbranched alkanes of at least 4 members (excludes halogenated alkanes) is 9. The van der Waals surface area contributed by atoms with Crippen molar-refractivity contribution in [1.82, 2.24) is 0 Å². The molecule has 1 aromatic rings. The van der Waals surface area contributed by atoms with Crippen molar-refractivity contribution in [3.05, 3.63) is 29.3 Å². The number of carbonyl (C=O) groups excluding carboxylic acids is 1. The van der Waals surface area contributed by atoms with E-state index in [-0.39, 0.29) is 6.10 Å². The Balaban J connectivity index is 1.42.